The van der Waals surface area contributed by atoms with Crippen LogP contribution >= 0.6 is 23.2 Å². The molecule has 1 aromatic heterocycles. The molecule has 0 atom stereocenters. The third-order valence-electron chi connectivity index (χ3n) is 3.83. The predicted octanol–water partition coefficient (Wildman–Crippen LogP) is 7.00. The van der Waals surface area contributed by atoms with Gasteiger partial charge in [0, 0.05) is 22.2 Å². The minimum atomic E-state index is -4.79. The molecule has 32 heavy (non-hydrogen) atoms. The summed E-state index contributed by atoms with van der Waals surface area (Å²) >= 11 is 12.1. The third-order valence-corrected chi connectivity index (χ3v) is 4.38. The van der Waals surface area contributed by atoms with E-state index in [0.29, 0.717) is 32.8 Å². The van der Waals surface area contributed by atoms with Gasteiger partial charge in [-0.15, -0.1) is 13.2 Å². The van der Waals surface area contributed by atoms with Gasteiger partial charge >= 0.3 is 6.36 Å². The molecule has 1 heterocycles. The van der Waals surface area contributed by atoms with E-state index < -0.39 is 6.36 Å². The van der Waals surface area contributed by atoms with Crippen molar-refractivity contribution in [2.75, 3.05) is 16.2 Å². The standard InChI is InChI=1S/C21H20Cl2F3N5O/c1-20(2,3)29-19-27-17(12-5-4-6-14(9-12)32-21(24,25)26)11-18(28-19)31-30-16-8-7-13(22)10-15(16)23/h4-11,30H,1-3H3,(H2,27,28,29,31). The van der Waals surface area contributed by atoms with Gasteiger partial charge < -0.3 is 10.1 Å². The first-order valence-corrected chi connectivity index (χ1v) is 10.1. The topological polar surface area (TPSA) is 71.1 Å². The number of nitrogens with one attached hydrogen (secondary N) is 3. The molecular formula is C21H20Cl2F3N5O. The highest BCUT2D eigenvalue weighted by Crippen LogP contribution is 2.30. The molecule has 0 saturated carbocycles. The maximum absolute atomic E-state index is 12.6. The quantitative estimate of drug-likeness (QED) is 0.326. The summed E-state index contributed by atoms with van der Waals surface area (Å²) in [6.07, 6.45) is -4.79. The molecule has 3 aromatic rings. The van der Waals surface area contributed by atoms with Crippen molar-refractivity contribution in [2.24, 2.45) is 0 Å². The number of hydrogen-bond donors (Lipinski definition) is 3. The SMILES string of the molecule is CC(C)(C)Nc1nc(NNc2ccc(Cl)cc2Cl)cc(-c2cccc(OC(F)(F)F)c2)n1. The Morgan fingerprint density at radius 3 is 2.31 bits per heavy atom. The van der Waals surface area contributed by atoms with E-state index >= 15 is 0 Å². The fourth-order valence-corrected chi connectivity index (χ4v) is 3.08. The van der Waals surface area contributed by atoms with Crippen molar-refractivity contribution >= 4 is 40.7 Å². The molecule has 0 bridgehead atoms. The molecule has 0 aliphatic carbocycles. The van der Waals surface area contributed by atoms with Gasteiger partial charge in [0.25, 0.3) is 0 Å². The van der Waals surface area contributed by atoms with E-state index in [1.165, 1.54) is 18.2 Å². The number of rotatable bonds is 6. The minimum absolute atomic E-state index is 0.281. The second-order valence-electron chi connectivity index (χ2n) is 7.79. The summed E-state index contributed by atoms with van der Waals surface area (Å²) in [7, 11) is 0. The first kappa shape index (κ1) is 23.7. The predicted molar refractivity (Wildman–Crippen MR) is 121 cm³/mol. The number of alkyl halides is 3. The van der Waals surface area contributed by atoms with Crippen LogP contribution in [0.5, 0.6) is 5.75 Å². The maximum atomic E-state index is 12.6. The molecule has 0 aliphatic rings. The van der Waals surface area contributed by atoms with Crippen LogP contribution in [0.15, 0.2) is 48.5 Å². The van der Waals surface area contributed by atoms with Crippen molar-refractivity contribution in [1.29, 1.82) is 0 Å². The molecule has 0 unspecified atom stereocenters. The first-order chi connectivity index (χ1) is 14.9. The normalized spacial score (nSPS) is 11.8. The van der Waals surface area contributed by atoms with Crippen molar-refractivity contribution in [2.45, 2.75) is 32.7 Å². The maximum Gasteiger partial charge on any atom is 0.573 e. The van der Waals surface area contributed by atoms with E-state index in [2.05, 4.69) is 30.9 Å². The number of halogens is 5. The van der Waals surface area contributed by atoms with Gasteiger partial charge in [-0.25, -0.2) is 4.98 Å². The Balaban J connectivity index is 1.93. The Hall–Kier alpha value is -2.91. The molecule has 0 fully saturated rings. The van der Waals surface area contributed by atoms with Crippen LogP contribution in [0.2, 0.25) is 10.0 Å². The van der Waals surface area contributed by atoms with Crippen LogP contribution in [0.4, 0.5) is 30.6 Å². The van der Waals surface area contributed by atoms with E-state index in [9.17, 15) is 13.2 Å². The van der Waals surface area contributed by atoms with E-state index in [1.54, 1.807) is 30.3 Å². The molecule has 0 saturated heterocycles. The van der Waals surface area contributed by atoms with Crippen molar-refractivity contribution in [1.82, 2.24) is 9.97 Å². The van der Waals surface area contributed by atoms with Crippen molar-refractivity contribution in [3.8, 4) is 17.0 Å². The lowest BCUT2D eigenvalue weighted by Crippen LogP contribution is -2.27. The van der Waals surface area contributed by atoms with E-state index in [-0.39, 0.29) is 17.2 Å². The molecule has 3 N–H and O–H groups in total. The van der Waals surface area contributed by atoms with Crippen LogP contribution in [0.25, 0.3) is 11.3 Å². The van der Waals surface area contributed by atoms with E-state index in [4.69, 9.17) is 23.2 Å². The second-order valence-corrected chi connectivity index (χ2v) is 8.63. The van der Waals surface area contributed by atoms with Crippen LogP contribution in [-0.4, -0.2) is 21.9 Å². The highest BCUT2D eigenvalue weighted by atomic mass is 35.5. The lowest BCUT2D eigenvalue weighted by molar-refractivity contribution is -0.274. The van der Waals surface area contributed by atoms with Crippen LogP contribution in [0.1, 0.15) is 20.8 Å². The third kappa shape index (κ3) is 7.06. The summed E-state index contributed by atoms with van der Waals surface area (Å²) in [5.74, 6) is 0.290. The molecular weight excluding hydrogens is 466 g/mol. The average molecular weight is 486 g/mol. The zero-order chi connectivity index (χ0) is 23.5. The Bertz CT molecular complexity index is 1100. The van der Waals surface area contributed by atoms with Crippen molar-refractivity contribution in [3.05, 3.63) is 58.6 Å². The highest BCUT2D eigenvalue weighted by molar-refractivity contribution is 6.36. The van der Waals surface area contributed by atoms with Gasteiger partial charge in [-0.2, -0.15) is 4.98 Å². The van der Waals surface area contributed by atoms with Crippen LogP contribution in [0, 0.1) is 0 Å². The smallest absolute Gasteiger partial charge is 0.406 e. The number of anilines is 3. The fraction of sp³-hybridized carbons (Fsp3) is 0.238. The summed E-state index contributed by atoms with van der Waals surface area (Å²) < 4.78 is 41.9. The van der Waals surface area contributed by atoms with Gasteiger partial charge in [0.05, 0.1) is 16.4 Å². The van der Waals surface area contributed by atoms with Gasteiger partial charge in [-0.1, -0.05) is 35.3 Å². The van der Waals surface area contributed by atoms with Gasteiger partial charge in [-0.3, -0.25) is 10.9 Å². The van der Waals surface area contributed by atoms with Gasteiger partial charge in [0.2, 0.25) is 5.95 Å². The molecule has 0 amide bonds. The number of hydrazine groups is 1. The van der Waals surface area contributed by atoms with Crippen LogP contribution in [-0.2, 0) is 0 Å². The Labute approximate surface area is 193 Å². The summed E-state index contributed by atoms with van der Waals surface area (Å²) in [5.41, 5.74) is 6.86. The Morgan fingerprint density at radius 2 is 1.66 bits per heavy atom. The Kier molecular flexibility index (Phi) is 6.90. The molecule has 6 nitrogen and oxygen atoms in total. The largest absolute Gasteiger partial charge is 0.573 e. The average Bonchev–Trinajstić information content (AvgIpc) is 2.64. The monoisotopic (exact) mass is 485 g/mol. The summed E-state index contributed by atoms with van der Waals surface area (Å²) in [6.45, 7) is 5.79. The molecule has 0 spiro atoms. The van der Waals surface area contributed by atoms with Crippen molar-refractivity contribution in [3.63, 3.8) is 0 Å². The van der Waals surface area contributed by atoms with Gasteiger partial charge in [0.1, 0.15) is 5.75 Å². The van der Waals surface area contributed by atoms with Gasteiger partial charge in [-0.05, 0) is 51.1 Å². The molecule has 170 valence electrons. The second kappa shape index (κ2) is 9.30. The first-order valence-electron chi connectivity index (χ1n) is 9.38. The minimum Gasteiger partial charge on any atom is -0.406 e. The fourth-order valence-electron chi connectivity index (χ4n) is 2.63. The zero-order valence-electron chi connectivity index (χ0n) is 17.3. The number of hydrogen-bond acceptors (Lipinski definition) is 6. The van der Waals surface area contributed by atoms with Crippen LogP contribution in [0.3, 0.4) is 0 Å². The molecule has 11 heteroatoms. The summed E-state index contributed by atoms with van der Waals surface area (Å²) in [5, 5.41) is 4.04. The molecule has 0 radical (unpaired) electrons. The lowest BCUT2D eigenvalue weighted by Gasteiger charge is -2.21. The zero-order valence-corrected chi connectivity index (χ0v) is 18.8. The summed E-state index contributed by atoms with van der Waals surface area (Å²) in [6, 6.07) is 12.1. The van der Waals surface area contributed by atoms with E-state index in [0.717, 1.165) is 0 Å². The molecule has 2 aromatic carbocycles. The lowest BCUT2D eigenvalue weighted by atomic mass is 10.1. The Morgan fingerprint density at radius 1 is 0.906 bits per heavy atom. The van der Waals surface area contributed by atoms with Crippen LogP contribution < -0.4 is 20.9 Å². The number of aromatic nitrogens is 2. The van der Waals surface area contributed by atoms with E-state index in [1.807, 2.05) is 20.8 Å². The van der Waals surface area contributed by atoms with Crippen molar-refractivity contribution < 1.29 is 17.9 Å². The number of nitrogens with zero attached hydrogens (tertiary/aromatic N) is 2. The number of ether oxygens (including phenoxy) is 1. The number of benzene rings is 2. The summed E-state index contributed by atoms with van der Waals surface area (Å²) in [4.78, 5) is 8.85. The highest BCUT2D eigenvalue weighted by Gasteiger charge is 2.31. The molecule has 3 rings (SSSR count). The molecule has 0 aliphatic heterocycles. The van der Waals surface area contributed by atoms with Gasteiger partial charge in [0.15, 0.2) is 5.82 Å².